The third kappa shape index (κ3) is 1.60. The highest BCUT2D eigenvalue weighted by atomic mass is 16.1. The van der Waals surface area contributed by atoms with Crippen molar-refractivity contribution >= 4 is 16.6 Å². The van der Waals surface area contributed by atoms with E-state index in [-0.39, 0.29) is 11.8 Å². The van der Waals surface area contributed by atoms with Gasteiger partial charge in [-0.2, -0.15) is 0 Å². The summed E-state index contributed by atoms with van der Waals surface area (Å²) in [4.78, 5) is 14.1. The molecule has 2 unspecified atom stereocenters. The Morgan fingerprint density at radius 3 is 1.71 bits per heavy atom. The van der Waals surface area contributed by atoms with Crippen LogP contribution in [0.3, 0.4) is 0 Å². The number of hydrogen-bond acceptors (Lipinski definition) is 1. The van der Waals surface area contributed by atoms with Crippen molar-refractivity contribution in [3.8, 4) is 0 Å². The van der Waals surface area contributed by atoms with Crippen LogP contribution in [0.4, 0.5) is 0 Å². The minimum absolute atomic E-state index is 0.0615. The molecule has 5 aliphatic rings. The molecule has 0 N–H and O–H groups in total. The summed E-state index contributed by atoms with van der Waals surface area (Å²) in [6.45, 7) is 4.51. The normalized spacial score (nSPS) is 25.9. The van der Waals surface area contributed by atoms with Gasteiger partial charge in [-0.25, -0.2) is 0 Å². The molecule has 5 aliphatic carbocycles. The second-order valence-corrected chi connectivity index (χ2v) is 9.15. The van der Waals surface area contributed by atoms with Crippen LogP contribution in [0, 0.1) is 13.8 Å². The maximum absolute atomic E-state index is 14.1. The predicted molar refractivity (Wildman–Crippen MR) is 113 cm³/mol. The van der Waals surface area contributed by atoms with Gasteiger partial charge in [0.2, 0.25) is 0 Å². The van der Waals surface area contributed by atoms with Crippen molar-refractivity contribution in [1.29, 1.82) is 0 Å². The second-order valence-electron chi connectivity index (χ2n) is 9.15. The Morgan fingerprint density at radius 2 is 1.21 bits per heavy atom. The smallest absolute Gasteiger partial charge is 0.156 e. The largest absolute Gasteiger partial charge is 0.298 e. The molecule has 28 heavy (non-hydrogen) atoms. The third-order valence-corrected chi connectivity index (χ3v) is 7.73. The Morgan fingerprint density at radius 1 is 0.714 bits per heavy atom. The highest BCUT2D eigenvalue weighted by Gasteiger charge is 2.47. The molecular weight excluding hydrogens is 340 g/mol. The zero-order valence-electron chi connectivity index (χ0n) is 16.4. The first-order valence-electron chi connectivity index (χ1n) is 10.5. The average molecular weight is 362 g/mol. The third-order valence-electron chi connectivity index (χ3n) is 7.73. The van der Waals surface area contributed by atoms with Crippen LogP contribution in [0.2, 0.25) is 0 Å². The lowest BCUT2D eigenvalue weighted by Crippen LogP contribution is -2.34. The average Bonchev–Trinajstić information content (AvgIpc) is 3.31. The number of benzene rings is 2. The number of Topliss-reactive ketones (excluding diaryl/α,β-unsaturated/α-hetero) is 1. The van der Waals surface area contributed by atoms with Crippen molar-refractivity contribution in [3.05, 3.63) is 92.1 Å². The molecule has 0 saturated heterocycles. The van der Waals surface area contributed by atoms with Gasteiger partial charge in [0.05, 0.1) is 11.8 Å². The minimum atomic E-state index is -0.0615. The summed E-state index contributed by atoms with van der Waals surface area (Å²) in [6.07, 6.45) is 13.2. The first-order chi connectivity index (χ1) is 13.6. The van der Waals surface area contributed by atoms with Crippen molar-refractivity contribution in [3.63, 3.8) is 0 Å². The molecule has 0 saturated carbocycles. The molecule has 7 rings (SSSR count). The Hall–Kier alpha value is -2.67. The summed E-state index contributed by atoms with van der Waals surface area (Å²) in [5.74, 6) is 0.295. The van der Waals surface area contributed by atoms with Crippen LogP contribution >= 0.6 is 0 Å². The molecule has 136 valence electrons. The molecule has 2 aromatic rings. The lowest BCUT2D eigenvalue weighted by molar-refractivity contribution is -0.120. The Labute approximate surface area is 165 Å². The summed E-state index contributed by atoms with van der Waals surface area (Å²) in [6, 6.07) is 4.74. The number of hydrogen-bond donors (Lipinski definition) is 0. The van der Waals surface area contributed by atoms with Crippen LogP contribution in [-0.2, 0) is 17.6 Å². The van der Waals surface area contributed by atoms with Crippen molar-refractivity contribution in [2.75, 3.05) is 0 Å². The molecule has 0 heterocycles. The lowest BCUT2D eigenvalue weighted by atomic mass is 9.60. The molecule has 0 spiro atoms. The topological polar surface area (TPSA) is 17.1 Å². The molecule has 1 heteroatoms. The van der Waals surface area contributed by atoms with E-state index < -0.39 is 0 Å². The summed E-state index contributed by atoms with van der Waals surface area (Å²) in [5, 5.41) is 2.83. The predicted octanol–water partition coefficient (Wildman–Crippen LogP) is 5.83. The van der Waals surface area contributed by atoms with Crippen molar-refractivity contribution < 1.29 is 4.79 Å². The molecular formula is C27H22O. The molecule has 0 aliphatic heterocycles. The molecule has 2 aromatic carbocycles. The maximum Gasteiger partial charge on any atom is 0.156 e. The zero-order valence-corrected chi connectivity index (χ0v) is 16.4. The summed E-state index contributed by atoms with van der Waals surface area (Å²) >= 11 is 0. The van der Waals surface area contributed by atoms with Gasteiger partial charge in [-0.05, 0) is 106 Å². The van der Waals surface area contributed by atoms with Crippen LogP contribution < -0.4 is 0 Å². The van der Waals surface area contributed by atoms with E-state index in [4.69, 9.17) is 0 Å². The Balaban J connectivity index is 1.71. The molecule has 1 nitrogen and oxygen atoms in total. The summed E-state index contributed by atoms with van der Waals surface area (Å²) < 4.78 is 0. The van der Waals surface area contributed by atoms with E-state index in [0.717, 1.165) is 25.7 Å². The van der Waals surface area contributed by atoms with Crippen LogP contribution in [0.15, 0.2) is 58.7 Å². The fraction of sp³-hybridized carbons (Fsp3) is 0.296. The SMILES string of the molecule is Cc1cc2c3c4c5c(cc(C)c14)CC1=CCC=C1C5C(=O)C3C1=CCC=C1C2. The van der Waals surface area contributed by atoms with Gasteiger partial charge in [0.1, 0.15) is 0 Å². The number of fused-ring (bicyclic) bond motifs is 4. The van der Waals surface area contributed by atoms with E-state index in [0.29, 0.717) is 5.78 Å². The van der Waals surface area contributed by atoms with E-state index in [2.05, 4.69) is 50.3 Å². The van der Waals surface area contributed by atoms with Gasteiger partial charge in [0.25, 0.3) is 0 Å². The summed E-state index contributed by atoms with van der Waals surface area (Å²) in [7, 11) is 0. The van der Waals surface area contributed by atoms with E-state index in [1.54, 1.807) is 0 Å². The van der Waals surface area contributed by atoms with E-state index >= 15 is 0 Å². The van der Waals surface area contributed by atoms with Gasteiger partial charge in [0.15, 0.2) is 5.78 Å². The second kappa shape index (κ2) is 4.84. The highest BCUT2D eigenvalue weighted by molar-refractivity contribution is 6.12. The lowest BCUT2D eigenvalue weighted by Gasteiger charge is -2.41. The van der Waals surface area contributed by atoms with Gasteiger partial charge in [-0.3, -0.25) is 4.79 Å². The first-order valence-corrected chi connectivity index (χ1v) is 10.5. The standard InChI is InChI=1S/C27H22O/c1-13-9-17-11-15-5-3-7-19(15)24-22(17)26-21(13)14(2)10-18-12-16-6-4-8-20(16)25(23(18)26)27(24)28/h5-10,24-25H,3-4,11-12H2,1-2H3. The number of rotatable bonds is 0. The fourth-order valence-corrected chi connectivity index (χ4v) is 6.80. The maximum atomic E-state index is 14.1. The molecule has 0 radical (unpaired) electrons. The molecule has 2 atom stereocenters. The minimum Gasteiger partial charge on any atom is -0.298 e. The number of allylic oxidation sites excluding steroid dienone is 8. The molecule has 0 bridgehead atoms. The van der Waals surface area contributed by atoms with Crippen LogP contribution in [0.25, 0.3) is 10.8 Å². The number of carbonyl (C=O) groups excluding carboxylic acids is 1. The first kappa shape index (κ1) is 15.3. The van der Waals surface area contributed by atoms with Crippen LogP contribution in [0.5, 0.6) is 0 Å². The van der Waals surface area contributed by atoms with Gasteiger partial charge < -0.3 is 0 Å². The quantitative estimate of drug-likeness (QED) is 0.576. The number of aryl methyl sites for hydroxylation is 2. The highest BCUT2D eigenvalue weighted by Crippen LogP contribution is 2.57. The van der Waals surface area contributed by atoms with Crippen LogP contribution in [0.1, 0.15) is 58.1 Å². The van der Waals surface area contributed by atoms with Crippen molar-refractivity contribution in [2.24, 2.45) is 0 Å². The molecule has 0 aromatic heterocycles. The molecule has 0 fully saturated rings. The van der Waals surface area contributed by atoms with E-state index in [1.807, 2.05) is 0 Å². The number of ketones is 1. The van der Waals surface area contributed by atoms with Gasteiger partial charge >= 0.3 is 0 Å². The fourth-order valence-electron chi connectivity index (χ4n) is 6.80. The van der Waals surface area contributed by atoms with E-state index in [9.17, 15) is 4.79 Å². The zero-order chi connectivity index (χ0) is 18.7. The van der Waals surface area contributed by atoms with Gasteiger partial charge in [-0.15, -0.1) is 0 Å². The van der Waals surface area contributed by atoms with E-state index in [1.165, 1.54) is 66.4 Å². The monoisotopic (exact) mass is 362 g/mol. The van der Waals surface area contributed by atoms with Gasteiger partial charge in [0, 0.05) is 0 Å². The van der Waals surface area contributed by atoms with Crippen molar-refractivity contribution in [1.82, 2.24) is 0 Å². The Bertz CT molecular complexity index is 1200. The summed E-state index contributed by atoms with van der Waals surface area (Å²) in [5.41, 5.74) is 13.6. The molecule has 0 amide bonds. The van der Waals surface area contributed by atoms with Gasteiger partial charge in [-0.1, -0.05) is 36.4 Å². The Kier molecular flexibility index (Phi) is 2.64. The van der Waals surface area contributed by atoms with Crippen LogP contribution in [-0.4, -0.2) is 5.78 Å². The number of carbonyl (C=O) groups is 1. The van der Waals surface area contributed by atoms with Crippen molar-refractivity contribution in [2.45, 2.75) is 51.4 Å².